The zero-order chi connectivity index (χ0) is 13.4. The molecule has 1 aliphatic carbocycles. The summed E-state index contributed by atoms with van der Waals surface area (Å²) in [7, 11) is 1.76. The second-order valence-electron chi connectivity index (χ2n) is 4.64. The van der Waals surface area contributed by atoms with E-state index in [0.717, 1.165) is 12.8 Å². The molecule has 0 spiro atoms. The zero-order valence-electron chi connectivity index (χ0n) is 10.4. The van der Waals surface area contributed by atoms with Gasteiger partial charge in [0.2, 0.25) is 0 Å². The fourth-order valence-corrected chi connectivity index (χ4v) is 1.86. The van der Waals surface area contributed by atoms with Gasteiger partial charge in [0.05, 0.1) is 22.8 Å². The summed E-state index contributed by atoms with van der Waals surface area (Å²) in [4.78, 5) is 34.9. The average Bonchev–Trinajstić information content (AvgIpc) is 3.22. The van der Waals surface area contributed by atoms with Gasteiger partial charge in [-0.05, 0) is 31.0 Å². The van der Waals surface area contributed by atoms with Gasteiger partial charge in [-0.1, -0.05) is 0 Å². The summed E-state index contributed by atoms with van der Waals surface area (Å²) in [5, 5.41) is 1.59. The van der Waals surface area contributed by atoms with Crippen molar-refractivity contribution >= 4 is 17.0 Å². The van der Waals surface area contributed by atoms with E-state index in [9.17, 15) is 9.59 Å². The Morgan fingerprint density at radius 3 is 3.00 bits per heavy atom. The number of hydroxylamine groups is 2. The fourth-order valence-electron chi connectivity index (χ4n) is 1.86. The van der Waals surface area contributed by atoms with E-state index >= 15 is 0 Å². The molecule has 1 N–H and O–H groups in total. The van der Waals surface area contributed by atoms with Crippen molar-refractivity contribution in [1.29, 1.82) is 0 Å². The number of carbonyl (C=O) groups is 1. The molecule has 1 aromatic carbocycles. The van der Waals surface area contributed by atoms with Gasteiger partial charge in [0.15, 0.2) is 0 Å². The summed E-state index contributed by atoms with van der Waals surface area (Å²) >= 11 is 0. The van der Waals surface area contributed by atoms with Crippen LogP contribution in [0, 0.1) is 0 Å². The summed E-state index contributed by atoms with van der Waals surface area (Å²) in [6.45, 7) is 0. The van der Waals surface area contributed by atoms with Crippen molar-refractivity contribution in [3.63, 3.8) is 0 Å². The van der Waals surface area contributed by atoms with Crippen LogP contribution in [0.25, 0.3) is 11.0 Å². The van der Waals surface area contributed by atoms with Crippen molar-refractivity contribution in [2.75, 3.05) is 7.05 Å². The molecule has 1 heterocycles. The largest absolute Gasteiger partial charge is 0.364 e. The van der Waals surface area contributed by atoms with E-state index in [1.165, 1.54) is 6.20 Å². The number of fused-ring (bicyclic) bond motifs is 1. The molecule has 0 radical (unpaired) electrons. The standard InChI is InChI=1S/C13H13N3O3/c1-16(9-3-4-9)19-13(18)8-2-5-10-11(6-8)14-7-12(17)15-10/h2,5-7,9H,3-4H2,1H3,(H,15,17). The van der Waals surface area contributed by atoms with Gasteiger partial charge in [0, 0.05) is 13.1 Å². The maximum absolute atomic E-state index is 11.9. The van der Waals surface area contributed by atoms with Gasteiger partial charge in [-0.15, -0.1) is 5.06 Å². The molecule has 1 saturated carbocycles. The highest BCUT2D eigenvalue weighted by atomic mass is 16.7. The molecular weight excluding hydrogens is 246 g/mol. The van der Waals surface area contributed by atoms with Crippen LogP contribution in [0.15, 0.2) is 29.2 Å². The van der Waals surface area contributed by atoms with Crippen molar-refractivity contribution in [2.45, 2.75) is 18.9 Å². The Hall–Kier alpha value is -2.21. The van der Waals surface area contributed by atoms with Crippen LogP contribution in [0.1, 0.15) is 23.2 Å². The lowest BCUT2D eigenvalue weighted by atomic mass is 10.2. The first kappa shape index (κ1) is 11.9. The molecule has 2 aromatic rings. The average molecular weight is 259 g/mol. The normalized spacial score (nSPS) is 14.8. The van der Waals surface area contributed by atoms with Crippen LogP contribution in [0.4, 0.5) is 0 Å². The molecular formula is C13H13N3O3. The van der Waals surface area contributed by atoms with Crippen molar-refractivity contribution < 1.29 is 9.63 Å². The molecule has 98 valence electrons. The smallest absolute Gasteiger partial charge is 0.357 e. The van der Waals surface area contributed by atoms with Crippen molar-refractivity contribution in [2.24, 2.45) is 0 Å². The molecule has 0 aliphatic heterocycles. The number of benzene rings is 1. The summed E-state index contributed by atoms with van der Waals surface area (Å²) in [5.74, 6) is -0.413. The third kappa shape index (κ3) is 2.48. The Labute approximate surface area is 109 Å². The van der Waals surface area contributed by atoms with Gasteiger partial charge in [-0.2, -0.15) is 0 Å². The quantitative estimate of drug-likeness (QED) is 0.835. The Kier molecular flexibility index (Phi) is 2.79. The highest BCUT2D eigenvalue weighted by Gasteiger charge is 2.29. The summed E-state index contributed by atoms with van der Waals surface area (Å²) in [5.41, 5.74) is 1.30. The molecule has 0 atom stereocenters. The van der Waals surface area contributed by atoms with E-state index in [4.69, 9.17) is 4.84 Å². The summed E-state index contributed by atoms with van der Waals surface area (Å²) in [6, 6.07) is 5.22. The number of hydrogen-bond donors (Lipinski definition) is 1. The second-order valence-corrected chi connectivity index (χ2v) is 4.64. The first-order valence-corrected chi connectivity index (χ1v) is 6.08. The predicted octanol–water partition coefficient (Wildman–Crippen LogP) is 1.09. The summed E-state index contributed by atoms with van der Waals surface area (Å²) < 4.78 is 0. The number of carbonyl (C=O) groups excluding carboxylic acids is 1. The monoisotopic (exact) mass is 259 g/mol. The molecule has 6 heteroatoms. The maximum atomic E-state index is 11.9. The lowest BCUT2D eigenvalue weighted by molar-refractivity contribution is -0.0966. The van der Waals surface area contributed by atoms with Gasteiger partial charge >= 0.3 is 5.97 Å². The molecule has 0 bridgehead atoms. The molecule has 19 heavy (non-hydrogen) atoms. The minimum Gasteiger partial charge on any atom is -0.364 e. The first-order chi connectivity index (χ1) is 9.13. The number of nitrogens with one attached hydrogen (secondary N) is 1. The van der Waals surface area contributed by atoms with Crippen LogP contribution >= 0.6 is 0 Å². The van der Waals surface area contributed by atoms with Crippen molar-refractivity contribution in [3.05, 3.63) is 40.3 Å². The van der Waals surface area contributed by atoms with Gasteiger partial charge in [-0.3, -0.25) is 4.79 Å². The second kappa shape index (κ2) is 4.47. The minimum absolute atomic E-state index is 0.267. The summed E-state index contributed by atoms with van der Waals surface area (Å²) in [6.07, 6.45) is 3.31. The van der Waals surface area contributed by atoms with Crippen LogP contribution in [0.3, 0.4) is 0 Å². The minimum atomic E-state index is -0.413. The molecule has 1 aromatic heterocycles. The fraction of sp³-hybridized carbons (Fsp3) is 0.308. The van der Waals surface area contributed by atoms with Gasteiger partial charge in [0.1, 0.15) is 0 Å². The number of aromatic amines is 1. The molecule has 0 unspecified atom stereocenters. The highest BCUT2D eigenvalue weighted by molar-refractivity contribution is 5.93. The van der Waals surface area contributed by atoms with E-state index < -0.39 is 5.97 Å². The van der Waals surface area contributed by atoms with Gasteiger partial charge in [-0.25, -0.2) is 9.78 Å². The maximum Gasteiger partial charge on any atom is 0.357 e. The topological polar surface area (TPSA) is 75.3 Å². The number of H-pyrrole nitrogens is 1. The van der Waals surface area contributed by atoms with Crippen LogP contribution in [-0.4, -0.2) is 34.1 Å². The van der Waals surface area contributed by atoms with Crippen LogP contribution in [0.2, 0.25) is 0 Å². The third-order valence-corrected chi connectivity index (χ3v) is 3.10. The number of aromatic nitrogens is 2. The Morgan fingerprint density at radius 1 is 1.47 bits per heavy atom. The highest BCUT2D eigenvalue weighted by Crippen LogP contribution is 2.26. The van der Waals surface area contributed by atoms with Crippen LogP contribution in [0.5, 0.6) is 0 Å². The molecule has 1 aliphatic rings. The van der Waals surface area contributed by atoms with Gasteiger partial charge < -0.3 is 9.82 Å². The van der Waals surface area contributed by atoms with E-state index in [1.807, 2.05) is 0 Å². The molecule has 0 amide bonds. The number of hydrogen-bond acceptors (Lipinski definition) is 5. The SMILES string of the molecule is CN(OC(=O)c1ccc2[nH]c(=O)cnc2c1)C1CC1. The molecule has 1 fully saturated rings. The van der Waals surface area contributed by atoms with E-state index in [-0.39, 0.29) is 5.56 Å². The third-order valence-electron chi connectivity index (χ3n) is 3.10. The predicted molar refractivity (Wildman–Crippen MR) is 68.6 cm³/mol. The lowest BCUT2D eigenvalue weighted by Gasteiger charge is -2.14. The Balaban J connectivity index is 1.85. The van der Waals surface area contributed by atoms with E-state index in [2.05, 4.69) is 9.97 Å². The molecule has 6 nitrogen and oxygen atoms in total. The van der Waals surface area contributed by atoms with E-state index in [1.54, 1.807) is 30.3 Å². The van der Waals surface area contributed by atoms with Crippen molar-refractivity contribution in [1.82, 2.24) is 15.0 Å². The number of nitrogens with zero attached hydrogens (tertiary/aromatic N) is 2. The molecule has 0 saturated heterocycles. The Morgan fingerprint density at radius 2 is 2.26 bits per heavy atom. The van der Waals surface area contributed by atoms with Gasteiger partial charge in [0.25, 0.3) is 5.56 Å². The van der Waals surface area contributed by atoms with Crippen LogP contribution < -0.4 is 5.56 Å². The van der Waals surface area contributed by atoms with Crippen LogP contribution in [-0.2, 0) is 4.84 Å². The van der Waals surface area contributed by atoms with Crippen molar-refractivity contribution in [3.8, 4) is 0 Å². The molecule has 3 rings (SSSR count). The van der Waals surface area contributed by atoms with E-state index in [0.29, 0.717) is 22.6 Å². The first-order valence-electron chi connectivity index (χ1n) is 6.08. The lowest BCUT2D eigenvalue weighted by Crippen LogP contribution is -2.25. The zero-order valence-corrected chi connectivity index (χ0v) is 10.4. The number of rotatable bonds is 3. The Bertz CT molecular complexity index is 691.